The Hall–Kier alpha value is -3.34. The number of benzene rings is 2. The first-order valence-corrected chi connectivity index (χ1v) is 9.60. The molecule has 0 radical (unpaired) electrons. The number of aromatic carboxylic acids is 1. The zero-order chi connectivity index (χ0) is 20.5. The number of para-hydroxylation sites is 2. The first-order chi connectivity index (χ1) is 14.0. The smallest absolute Gasteiger partial charge is 0.336 e. The highest BCUT2D eigenvalue weighted by molar-refractivity contribution is 6.06. The molecule has 4 rings (SSSR count). The van der Waals surface area contributed by atoms with Gasteiger partial charge in [-0.3, -0.25) is 0 Å². The van der Waals surface area contributed by atoms with Crippen LogP contribution in [0.2, 0.25) is 0 Å². The van der Waals surface area contributed by atoms with Gasteiger partial charge < -0.3 is 14.6 Å². The highest BCUT2D eigenvalue weighted by Gasteiger charge is 2.28. The van der Waals surface area contributed by atoms with Gasteiger partial charge in [0.2, 0.25) is 0 Å². The summed E-state index contributed by atoms with van der Waals surface area (Å²) >= 11 is 0. The number of carboxylic acid groups (broad SMARTS) is 1. The predicted molar refractivity (Wildman–Crippen MR) is 114 cm³/mol. The maximum Gasteiger partial charge on any atom is 0.336 e. The molecule has 29 heavy (non-hydrogen) atoms. The summed E-state index contributed by atoms with van der Waals surface area (Å²) in [5, 5.41) is 10.7. The van der Waals surface area contributed by atoms with E-state index in [0.717, 1.165) is 28.8 Å². The van der Waals surface area contributed by atoms with Crippen LogP contribution in [0.5, 0.6) is 11.5 Å². The molecule has 2 aromatic carbocycles. The highest BCUT2D eigenvalue weighted by atomic mass is 16.5. The van der Waals surface area contributed by atoms with Crippen LogP contribution in [0.15, 0.2) is 42.5 Å². The quantitative estimate of drug-likeness (QED) is 0.674. The van der Waals surface area contributed by atoms with Crippen LogP contribution >= 0.6 is 0 Å². The number of allylic oxidation sites excluding steroid dienone is 1. The molecule has 0 saturated heterocycles. The zero-order valence-electron chi connectivity index (χ0n) is 16.7. The van der Waals surface area contributed by atoms with Crippen molar-refractivity contribution in [1.29, 1.82) is 0 Å². The fourth-order valence-corrected chi connectivity index (χ4v) is 4.19. The Morgan fingerprint density at radius 2 is 1.90 bits per heavy atom. The third-order valence-corrected chi connectivity index (χ3v) is 5.40. The molecular formula is C24H23NO4. The fourth-order valence-electron chi connectivity index (χ4n) is 4.19. The molecule has 5 heteroatoms. The lowest BCUT2D eigenvalue weighted by Gasteiger charge is -2.26. The van der Waals surface area contributed by atoms with Gasteiger partial charge in [0.25, 0.3) is 0 Å². The molecule has 1 atom stereocenters. The molecule has 1 aromatic heterocycles. The molecule has 3 aromatic rings. The Morgan fingerprint density at radius 1 is 1.10 bits per heavy atom. The number of carbonyl (C=O) groups is 1. The van der Waals surface area contributed by atoms with Crippen LogP contribution in [-0.4, -0.2) is 30.3 Å². The van der Waals surface area contributed by atoms with E-state index in [9.17, 15) is 9.90 Å². The van der Waals surface area contributed by atoms with E-state index < -0.39 is 5.97 Å². The summed E-state index contributed by atoms with van der Waals surface area (Å²) in [4.78, 5) is 17.0. The average Bonchev–Trinajstić information content (AvgIpc) is 2.71. The first-order valence-electron chi connectivity index (χ1n) is 9.60. The molecule has 1 aliphatic carbocycles. The van der Waals surface area contributed by atoms with Gasteiger partial charge in [0.1, 0.15) is 0 Å². The predicted octanol–water partition coefficient (Wildman–Crippen LogP) is 5.07. The number of fused-ring (bicyclic) bond motifs is 2. The van der Waals surface area contributed by atoms with Crippen LogP contribution in [0.1, 0.15) is 40.5 Å². The van der Waals surface area contributed by atoms with Crippen LogP contribution in [0.25, 0.3) is 22.6 Å². The molecule has 1 unspecified atom stereocenters. The minimum absolute atomic E-state index is 0.311. The maximum absolute atomic E-state index is 12.2. The van der Waals surface area contributed by atoms with Crippen molar-refractivity contribution < 1.29 is 19.4 Å². The molecule has 0 amide bonds. The van der Waals surface area contributed by atoms with E-state index in [1.807, 2.05) is 48.5 Å². The van der Waals surface area contributed by atoms with Gasteiger partial charge >= 0.3 is 5.97 Å². The van der Waals surface area contributed by atoms with E-state index >= 15 is 0 Å². The minimum atomic E-state index is -0.910. The third kappa shape index (κ3) is 3.33. The van der Waals surface area contributed by atoms with Gasteiger partial charge in [-0.1, -0.05) is 37.3 Å². The van der Waals surface area contributed by atoms with Crippen LogP contribution in [-0.2, 0) is 6.42 Å². The molecule has 1 N–H and O–H groups in total. The Kier molecular flexibility index (Phi) is 4.97. The van der Waals surface area contributed by atoms with Crippen molar-refractivity contribution in [2.24, 2.45) is 5.92 Å². The number of aromatic nitrogens is 1. The second-order valence-electron chi connectivity index (χ2n) is 7.40. The average molecular weight is 389 g/mol. The van der Waals surface area contributed by atoms with E-state index in [1.54, 1.807) is 14.2 Å². The van der Waals surface area contributed by atoms with Gasteiger partial charge in [-0.15, -0.1) is 0 Å². The van der Waals surface area contributed by atoms with Crippen LogP contribution in [0, 0.1) is 5.92 Å². The molecule has 0 spiro atoms. The van der Waals surface area contributed by atoms with Gasteiger partial charge in [-0.05, 0) is 48.1 Å². The van der Waals surface area contributed by atoms with Gasteiger partial charge in [-0.25, -0.2) is 9.78 Å². The first kappa shape index (κ1) is 19.0. The van der Waals surface area contributed by atoms with Crippen molar-refractivity contribution in [2.75, 3.05) is 14.2 Å². The largest absolute Gasteiger partial charge is 0.493 e. The highest BCUT2D eigenvalue weighted by Crippen LogP contribution is 2.40. The molecular weight excluding hydrogens is 366 g/mol. The lowest BCUT2D eigenvalue weighted by Crippen LogP contribution is -2.17. The second-order valence-corrected chi connectivity index (χ2v) is 7.40. The Labute approximate surface area is 169 Å². The minimum Gasteiger partial charge on any atom is -0.493 e. The van der Waals surface area contributed by atoms with Crippen molar-refractivity contribution >= 4 is 28.5 Å². The Morgan fingerprint density at radius 3 is 2.62 bits per heavy atom. The van der Waals surface area contributed by atoms with E-state index in [2.05, 4.69) is 6.92 Å². The van der Waals surface area contributed by atoms with E-state index in [0.29, 0.717) is 40.3 Å². The number of nitrogens with zero attached hydrogens (tertiary/aromatic N) is 1. The molecule has 1 aliphatic rings. The van der Waals surface area contributed by atoms with E-state index in [1.165, 1.54) is 0 Å². The summed E-state index contributed by atoms with van der Waals surface area (Å²) in [5.41, 5.74) is 4.53. The number of pyridine rings is 1. The molecule has 5 nitrogen and oxygen atoms in total. The van der Waals surface area contributed by atoms with Gasteiger partial charge in [0.15, 0.2) is 11.5 Å². The number of ether oxygens (including phenoxy) is 2. The van der Waals surface area contributed by atoms with E-state index in [-0.39, 0.29) is 0 Å². The molecule has 148 valence electrons. The molecule has 0 fully saturated rings. The van der Waals surface area contributed by atoms with Crippen LogP contribution < -0.4 is 9.47 Å². The lowest BCUT2D eigenvalue weighted by atomic mass is 9.80. The number of hydrogen-bond donors (Lipinski definition) is 1. The van der Waals surface area contributed by atoms with Crippen molar-refractivity contribution in [1.82, 2.24) is 4.98 Å². The van der Waals surface area contributed by atoms with Gasteiger partial charge in [0.05, 0.1) is 31.0 Å². The Balaban J connectivity index is 1.98. The SMILES string of the molecule is COc1cccc(C=C2CC(C)Cc3c2nc2ccccc2c3C(=O)O)c1OC. The normalized spacial score (nSPS) is 17.2. The van der Waals surface area contributed by atoms with Crippen molar-refractivity contribution in [3.63, 3.8) is 0 Å². The third-order valence-electron chi connectivity index (χ3n) is 5.40. The summed E-state index contributed by atoms with van der Waals surface area (Å²) in [6.07, 6.45) is 3.56. The van der Waals surface area contributed by atoms with Gasteiger partial charge in [-0.2, -0.15) is 0 Å². The summed E-state index contributed by atoms with van der Waals surface area (Å²) < 4.78 is 11.0. The molecule has 0 aliphatic heterocycles. The second kappa shape index (κ2) is 7.59. The van der Waals surface area contributed by atoms with Crippen molar-refractivity contribution in [3.05, 3.63) is 64.8 Å². The summed E-state index contributed by atoms with van der Waals surface area (Å²) in [5.74, 6) is 0.712. The molecule has 0 saturated carbocycles. The fraction of sp³-hybridized carbons (Fsp3) is 0.250. The maximum atomic E-state index is 12.2. The van der Waals surface area contributed by atoms with Crippen molar-refractivity contribution in [3.8, 4) is 11.5 Å². The Bertz CT molecular complexity index is 1130. The standard InChI is InChI=1S/C24H23NO4/c1-14-11-16(13-15-7-6-10-20(28-2)23(15)29-3)22-18(12-14)21(24(26)27)17-8-4-5-9-19(17)25-22/h4-10,13-14H,11-12H2,1-3H3,(H,26,27). The topological polar surface area (TPSA) is 68.7 Å². The summed E-state index contributed by atoms with van der Waals surface area (Å²) in [6.45, 7) is 2.14. The van der Waals surface area contributed by atoms with Crippen molar-refractivity contribution in [2.45, 2.75) is 19.8 Å². The lowest BCUT2D eigenvalue weighted by molar-refractivity contribution is 0.0697. The summed E-state index contributed by atoms with van der Waals surface area (Å²) in [6, 6.07) is 13.2. The zero-order valence-corrected chi connectivity index (χ0v) is 16.7. The number of hydrogen-bond acceptors (Lipinski definition) is 4. The van der Waals surface area contributed by atoms with Crippen LogP contribution in [0.3, 0.4) is 0 Å². The van der Waals surface area contributed by atoms with E-state index in [4.69, 9.17) is 14.5 Å². The monoisotopic (exact) mass is 389 g/mol. The molecule has 0 bridgehead atoms. The van der Waals surface area contributed by atoms with Gasteiger partial charge in [0, 0.05) is 10.9 Å². The summed E-state index contributed by atoms with van der Waals surface area (Å²) in [7, 11) is 3.23. The van der Waals surface area contributed by atoms with Crippen LogP contribution in [0.4, 0.5) is 0 Å². The molecule has 1 heterocycles. The number of carboxylic acids is 1. The number of rotatable bonds is 4. The number of methoxy groups -OCH3 is 2.